The molecule has 1 heterocycles. The first-order valence-electron chi connectivity index (χ1n) is 7.64. The maximum Gasteiger partial charge on any atom is 0.0588 e. The van der Waals surface area contributed by atoms with Crippen LogP contribution >= 0.6 is 0 Å². The number of aryl methyl sites for hydroxylation is 1. The van der Waals surface area contributed by atoms with Crippen molar-refractivity contribution in [2.45, 2.75) is 52.2 Å². The molecule has 0 saturated carbocycles. The Labute approximate surface area is 117 Å². The highest BCUT2D eigenvalue weighted by Gasteiger charge is 2.24. The molecule has 3 atom stereocenters. The maximum absolute atomic E-state index is 5.61. The molecule has 3 unspecified atom stereocenters. The smallest absolute Gasteiger partial charge is 0.0588 e. The largest absolute Gasteiger partial charge is 0.378 e. The number of rotatable bonds is 6. The Morgan fingerprint density at radius 1 is 1.32 bits per heavy atom. The van der Waals surface area contributed by atoms with Crippen LogP contribution < -0.4 is 5.32 Å². The molecule has 1 aliphatic heterocycles. The van der Waals surface area contributed by atoms with Crippen LogP contribution in [0.4, 0.5) is 0 Å². The number of ether oxygens (including phenoxy) is 1. The van der Waals surface area contributed by atoms with E-state index >= 15 is 0 Å². The molecule has 106 valence electrons. The molecule has 1 aromatic carbocycles. The molecule has 1 aliphatic rings. The average Bonchev–Trinajstić information content (AvgIpc) is 2.83. The standard InChI is InChI=1S/C17H27NO/c1-4-5-15-6-8-16(9-7-15)13(2)18-12-17-10-11-19-14(17)3/h6-9,13-14,17-18H,4-5,10-12H2,1-3H3. The quantitative estimate of drug-likeness (QED) is 0.843. The average molecular weight is 261 g/mol. The van der Waals surface area contributed by atoms with Gasteiger partial charge in [0, 0.05) is 19.2 Å². The van der Waals surface area contributed by atoms with Crippen LogP contribution in [-0.2, 0) is 11.2 Å². The van der Waals surface area contributed by atoms with Crippen molar-refractivity contribution in [1.29, 1.82) is 0 Å². The van der Waals surface area contributed by atoms with Crippen molar-refractivity contribution >= 4 is 0 Å². The summed E-state index contributed by atoms with van der Waals surface area (Å²) >= 11 is 0. The first-order chi connectivity index (χ1) is 9.20. The lowest BCUT2D eigenvalue weighted by Gasteiger charge is -2.19. The van der Waals surface area contributed by atoms with Crippen molar-refractivity contribution in [3.8, 4) is 0 Å². The van der Waals surface area contributed by atoms with Crippen LogP contribution in [-0.4, -0.2) is 19.3 Å². The van der Waals surface area contributed by atoms with Crippen LogP contribution in [0.3, 0.4) is 0 Å². The second kappa shape index (κ2) is 7.06. The van der Waals surface area contributed by atoms with E-state index in [1.165, 1.54) is 30.4 Å². The van der Waals surface area contributed by atoms with Gasteiger partial charge in [0.05, 0.1) is 6.10 Å². The molecular weight excluding hydrogens is 234 g/mol. The van der Waals surface area contributed by atoms with Crippen molar-refractivity contribution in [2.75, 3.05) is 13.2 Å². The highest BCUT2D eigenvalue weighted by Crippen LogP contribution is 2.21. The van der Waals surface area contributed by atoms with Gasteiger partial charge in [-0.2, -0.15) is 0 Å². The van der Waals surface area contributed by atoms with Gasteiger partial charge in [0.15, 0.2) is 0 Å². The highest BCUT2D eigenvalue weighted by molar-refractivity contribution is 5.24. The van der Waals surface area contributed by atoms with Gasteiger partial charge in [-0.3, -0.25) is 0 Å². The molecule has 0 aromatic heterocycles. The van der Waals surface area contributed by atoms with Gasteiger partial charge in [0.1, 0.15) is 0 Å². The number of benzene rings is 1. The lowest BCUT2D eigenvalue weighted by Crippen LogP contribution is -2.29. The molecule has 2 heteroatoms. The summed E-state index contributed by atoms with van der Waals surface area (Å²) in [5.41, 5.74) is 2.82. The third kappa shape index (κ3) is 4.05. The van der Waals surface area contributed by atoms with E-state index in [1.54, 1.807) is 0 Å². The Morgan fingerprint density at radius 3 is 2.63 bits per heavy atom. The molecule has 0 bridgehead atoms. The molecule has 1 N–H and O–H groups in total. The van der Waals surface area contributed by atoms with E-state index in [-0.39, 0.29) is 0 Å². The van der Waals surface area contributed by atoms with Crippen LogP contribution in [0.5, 0.6) is 0 Å². The Kier molecular flexibility index (Phi) is 5.41. The van der Waals surface area contributed by atoms with Gasteiger partial charge in [0.25, 0.3) is 0 Å². The lowest BCUT2D eigenvalue weighted by molar-refractivity contribution is 0.105. The fraction of sp³-hybridized carbons (Fsp3) is 0.647. The Bertz CT molecular complexity index is 373. The fourth-order valence-electron chi connectivity index (χ4n) is 2.75. The molecule has 0 spiro atoms. The van der Waals surface area contributed by atoms with Gasteiger partial charge < -0.3 is 10.1 Å². The van der Waals surface area contributed by atoms with Gasteiger partial charge in [-0.25, -0.2) is 0 Å². The van der Waals surface area contributed by atoms with Gasteiger partial charge in [-0.05, 0) is 43.7 Å². The molecule has 19 heavy (non-hydrogen) atoms. The zero-order valence-electron chi connectivity index (χ0n) is 12.5. The van der Waals surface area contributed by atoms with E-state index in [2.05, 4.69) is 50.4 Å². The summed E-state index contributed by atoms with van der Waals surface area (Å²) in [6.45, 7) is 8.63. The summed E-state index contributed by atoms with van der Waals surface area (Å²) in [6.07, 6.45) is 3.99. The van der Waals surface area contributed by atoms with Crippen LogP contribution in [0.25, 0.3) is 0 Å². The third-order valence-electron chi connectivity index (χ3n) is 4.24. The minimum absolute atomic E-state index is 0.409. The summed E-state index contributed by atoms with van der Waals surface area (Å²) < 4.78 is 5.61. The third-order valence-corrected chi connectivity index (χ3v) is 4.24. The van der Waals surface area contributed by atoms with Crippen LogP contribution in [0.1, 0.15) is 50.8 Å². The minimum Gasteiger partial charge on any atom is -0.378 e. The summed E-state index contributed by atoms with van der Waals surface area (Å²) in [5.74, 6) is 0.668. The topological polar surface area (TPSA) is 21.3 Å². The molecule has 0 aliphatic carbocycles. The first-order valence-corrected chi connectivity index (χ1v) is 7.64. The zero-order chi connectivity index (χ0) is 13.7. The second-order valence-electron chi connectivity index (χ2n) is 5.75. The van der Waals surface area contributed by atoms with Crippen molar-refractivity contribution in [3.05, 3.63) is 35.4 Å². The molecule has 2 nitrogen and oxygen atoms in total. The van der Waals surface area contributed by atoms with Gasteiger partial charge in [-0.15, -0.1) is 0 Å². The van der Waals surface area contributed by atoms with Gasteiger partial charge in [-0.1, -0.05) is 37.6 Å². The maximum atomic E-state index is 5.61. The predicted octanol–water partition coefficient (Wildman–Crippen LogP) is 3.71. The number of nitrogens with one attached hydrogen (secondary N) is 1. The minimum atomic E-state index is 0.409. The molecule has 0 radical (unpaired) electrons. The van der Waals surface area contributed by atoms with Crippen LogP contribution in [0, 0.1) is 5.92 Å². The van der Waals surface area contributed by atoms with Crippen molar-refractivity contribution in [3.63, 3.8) is 0 Å². The van der Waals surface area contributed by atoms with E-state index in [9.17, 15) is 0 Å². The van der Waals surface area contributed by atoms with E-state index < -0.39 is 0 Å². The van der Waals surface area contributed by atoms with Crippen molar-refractivity contribution < 1.29 is 4.74 Å². The van der Waals surface area contributed by atoms with Crippen LogP contribution in [0.2, 0.25) is 0 Å². The van der Waals surface area contributed by atoms with Crippen molar-refractivity contribution in [1.82, 2.24) is 5.32 Å². The SMILES string of the molecule is CCCc1ccc(C(C)NCC2CCOC2C)cc1. The molecule has 1 fully saturated rings. The van der Waals surface area contributed by atoms with Crippen LogP contribution in [0.15, 0.2) is 24.3 Å². The number of hydrogen-bond donors (Lipinski definition) is 1. The van der Waals surface area contributed by atoms with E-state index in [0.717, 1.165) is 13.2 Å². The van der Waals surface area contributed by atoms with E-state index in [1.807, 2.05) is 0 Å². The van der Waals surface area contributed by atoms with E-state index in [4.69, 9.17) is 4.74 Å². The lowest BCUT2D eigenvalue weighted by atomic mass is 10.0. The molecule has 1 aromatic rings. The summed E-state index contributed by atoms with van der Waals surface area (Å²) in [4.78, 5) is 0. The summed E-state index contributed by atoms with van der Waals surface area (Å²) in [6, 6.07) is 9.47. The monoisotopic (exact) mass is 261 g/mol. The van der Waals surface area contributed by atoms with Gasteiger partial charge in [0.2, 0.25) is 0 Å². The summed E-state index contributed by atoms with van der Waals surface area (Å²) in [7, 11) is 0. The second-order valence-corrected chi connectivity index (χ2v) is 5.75. The van der Waals surface area contributed by atoms with E-state index in [0.29, 0.717) is 18.1 Å². The molecule has 1 saturated heterocycles. The Hall–Kier alpha value is -0.860. The normalized spacial score (nSPS) is 24.6. The Morgan fingerprint density at radius 2 is 2.05 bits per heavy atom. The first kappa shape index (κ1) is 14.5. The predicted molar refractivity (Wildman–Crippen MR) is 80.4 cm³/mol. The zero-order valence-corrected chi connectivity index (χ0v) is 12.5. The highest BCUT2D eigenvalue weighted by atomic mass is 16.5. The van der Waals surface area contributed by atoms with Crippen molar-refractivity contribution in [2.24, 2.45) is 5.92 Å². The Balaban J connectivity index is 1.83. The molecule has 2 rings (SSSR count). The van der Waals surface area contributed by atoms with Gasteiger partial charge >= 0.3 is 0 Å². The summed E-state index contributed by atoms with van der Waals surface area (Å²) in [5, 5.41) is 3.64. The molecule has 0 amide bonds. The molecular formula is C17H27NO. The number of hydrogen-bond acceptors (Lipinski definition) is 2. The fourth-order valence-corrected chi connectivity index (χ4v) is 2.75.